The minimum absolute atomic E-state index is 0.0839. The van der Waals surface area contributed by atoms with Crippen LogP contribution in [0.5, 0.6) is 0 Å². The van der Waals surface area contributed by atoms with E-state index in [0.29, 0.717) is 11.4 Å². The number of aromatic nitrogens is 1. The molecule has 1 amide bonds. The maximum atomic E-state index is 12.3. The SMILES string of the molecule is CCC(NCC(N)=O)c1nc(C(F)(F)F)cs1. The first kappa shape index (κ1) is 13.9. The van der Waals surface area contributed by atoms with Gasteiger partial charge in [-0.1, -0.05) is 6.92 Å². The minimum atomic E-state index is -4.43. The van der Waals surface area contributed by atoms with Crippen LogP contribution in [0.3, 0.4) is 0 Å². The molecule has 0 aliphatic heterocycles. The number of alkyl halides is 3. The third-order valence-corrected chi connectivity index (χ3v) is 3.00. The summed E-state index contributed by atoms with van der Waals surface area (Å²) in [5.74, 6) is -0.559. The summed E-state index contributed by atoms with van der Waals surface area (Å²) in [6.07, 6.45) is -3.91. The molecule has 0 radical (unpaired) electrons. The Morgan fingerprint density at radius 3 is 2.71 bits per heavy atom. The van der Waals surface area contributed by atoms with E-state index in [2.05, 4.69) is 10.3 Å². The fourth-order valence-corrected chi connectivity index (χ4v) is 2.19. The Labute approximate surface area is 100 Å². The summed E-state index contributed by atoms with van der Waals surface area (Å²) in [5.41, 5.74) is 4.04. The number of nitrogens with one attached hydrogen (secondary N) is 1. The molecule has 0 aliphatic rings. The molecule has 0 saturated heterocycles. The Kier molecular flexibility index (Phi) is 4.47. The molecule has 0 spiro atoms. The molecule has 8 heteroatoms. The molecular formula is C9H12F3N3OS. The number of amides is 1. The smallest absolute Gasteiger partial charge is 0.369 e. The van der Waals surface area contributed by atoms with E-state index in [9.17, 15) is 18.0 Å². The fourth-order valence-electron chi connectivity index (χ4n) is 1.21. The van der Waals surface area contributed by atoms with Crippen molar-refractivity contribution >= 4 is 17.2 Å². The molecule has 0 saturated carbocycles. The fraction of sp³-hybridized carbons (Fsp3) is 0.556. The number of thiazole rings is 1. The number of carbonyl (C=O) groups is 1. The van der Waals surface area contributed by atoms with Crippen LogP contribution in [0.1, 0.15) is 30.1 Å². The average molecular weight is 267 g/mol. The second kappa shape index (κ2) is 5.46. The number of hydrogen-bond acceptors (Lipinski definition) is 4. The molecule has 1 unspecified atom stereocenters. The first-order chi connectivity index (χ1) is 7.84. The van der Waals surface area contributed by atoms with E-state index in [-0.39, 0.29) is 12.6 Å². The Morgan fingerprint density at radius 2 is 2.29 bits per heavy atom. The van der Waals surface area contributed by atoms with Gasteiger partial charge in [0.05, 0.1) is 12.6 Å². The van der Waals surface area contributed by atoms with Crippen molar-refractivity contribution in [2.45, 2.75) is 25.6 Å². The summed E-state index contributed by atoms with van der Waals surface area (Å²) in [6, 6.07) is -0.386. The molecule has 1 atom stereocenters. The van der Waals surface area contributed by atoms with Crippen LogP contribution in [-0.2, 0) is 11.0 Å². The molecule has 1 aromatic rings. The lowest BCUT2D eigenvalue weighted by Gasteiger charge is -2.12. The summed E-state index contributed by atoms with van der Waals surface area (Å²) >= 11 is 0.915. The van der Waals surface area contributed by atoms with Gasteiger partial charge in [0.2, 0.25) is 5.91 Å². The van der Waals surface area contributed by atoms with Crippen molar-refractivity contribution in [1.82, 2.24) is 10.3 Å². The molecular weight excluding hydrogens is 255 g/mol. The van der Waals surface area contributed by atoms with Gasteiger partial charge in [0.25, 0.3) is 0 Å². The second-order valence-electron chi connectivity index (χ2n) is 3.38. The van der Waals surface area contributed by atoms with Crippen LogP contribution < -0.4 is 11.1 Å². The topological polar surface area (TPSA) is 68.0 Å². The molecule has 1 heterocycles. The normalized spacial score (nSPS) is 13.6. The van der Waals surface area contributed by atoms with E-state index < -0.39 is 17.8 Å². The van der Waals surface area contributed by atoms with Crippen molar-refractivity contribution in [3.8, 4) is 0 Å². The average Bonchev–Trinajstić information content (AvgIpc) is 2.67. The molecule has 0 fully saturated rings. The summed E-state index contributed by atoms with van der Waals surface area (Å²) in [4.78, 5) is 14.1. The van der Waals surface area contributed by atoms with Gasteiger partial charge in [-0.2, -0.15) is 13.2 Å². The van der Waals surface area contributed by atoms with E-state index in [1.165, 1.54) is 0 Å². The van der Waals surface area contributed by atoms with Crippen LogP contribution in [0.2, 0.25) is 0 Å². The largest absolute Gasteiger partial charge is 0.434 e. The number of halogens is 3. The quantitative estimate of drug-likeness (QED) is 0.853. The molecule has 4 nitrogen and oxygen atoms in total. The predicted molar refractivity (Wildman–Crippen MR) is 57.3 cm³/mol. The van der Waals surface area contributed by atoms with Gasteiger partial charge < -0.3 is 5.73 Å². The Bertz CT molecular complexity index is 391. The standard InChI is InChI=1S/C9H12F3N3OS/c1-2-5(14-3-7(13)16)8-15-6(4-17-8)9(10,11)12/h4-5,14H,2-3H2,1H3,(H2,13,16). The molecule has 96 valence electrons. The van der Waals surface area contributed by atoms with Gasteiger partial charge in [0.15, 0.2) is 5.69 Å². The zero-order valence-electron chi connectivity index (χ0n) is 9.04. The van der Waals surface area contributed by atoms with Gasteiger partial charge in [0.1, 0.15) is 5.01 Å². The lowest BCUT2D eigenvalue weighted by Crippen LogP contribution is -2.31. The van der Waals surface area contributed by atoms with Gasteiger partial charge in [0, 0.05) is 5.38 Å². The number of nitrogens with zero attached hydrogens (tertiary/aromatic N) is 1. The molecule has 1 aromatic heterocycles. The van der Waals surface area contributed by atoms with Gasteiger partial charge in [-0.3, -0.25) is 10.1 Å². The molecule has 0 aromatic carbocycles. The molecule has 1 rings (SSSR count). The van der Waals surface area contributed by atoms with Crippen molar-refractivity contribution in [3.63, 3.8) is 0 Å². The van der Waals surface area contributed by atoms with Crippen LogP contribution >= 0.6 is 11.3 Å². The molecule has 0 aliphatic carbocycles. The Hall–Kier alpha value is -1.15. The van der Waals surface area contributed by atoms with Crippen LogP contribution in [-0.4, -0.2) is 17.4 Å². The Balaban J connectivity index is 2.76. The highest BCUT2D eigenvalue weighted by Gasteiger charge is 2.34. The number of carbonyl (C=O) groups excluding carboxylic acids is 1. The summed E-state index contributed by atoms with van der Waals surface area (Å²) < 4.78 is 37.0. The van der Waals surface area contributed by atoms with Gasteiger partial charge in [-0.25, -0.2) is 4.98 Å². The summed E-state index contributed by atoms with van der Waals surface area (Å²) in [7, 11) is 0. The van der Waals surface area contributed by atoms with E-state index >= 15 is 0 Å². The maximum Gasteiger partial charge on any atom is 0.434 e. The minimum Gasteiger partial charge on any atom is -0.369 e. The molecule has 17 heavy (non-hydrogen) atoms. The van der Waals surface area contributed by atoms with E-state index in [0.717, 1.165) is 16.7 Å². The highest BCUT2D eigenvalue weighted by Crippen LogP contribution is 2.32. The zero-order chi connectivity index (χ0) is 13.1. The lowest BCUT2D eigenvalue weighted by molar-refractivity contribution is -0.140. The van der Waals surface area contributed by atoms with Crippen molar-refractivity contribution in [2.75, 3.05) is 6.54 Å². The van der Waals surface area contributed by atoms with E-state index in [4.69, 9.17) is 5.73 Å². The van der Waals surface area contributed by atoms with Crippen molar-refractivity contribution < 1.29 is 18.0 Å². The number of nitrogens with two attached hydrogens (primary N) is 1. The first-order valence-corrected chi connectivity index (χ1v) is 5.76. The van der Waals surface area contributed by atoms with Crippen LogP contribution in [0.25, 0.3) is 0 Å². The number of hydrogen-bond donors (Lipinski definition) is 2. The maximum absolute atomic E-state index is 12.3. The first-order valence-electron chi connectivity index (χ1n) is 4.89. The third-order valence-electron chi connectivity index (χ3n) is 2.04. The van der Waals surface area contributed by atoms with Gasteiger partial charge in [-0.05, 0) is 6.42 Å². The van der Waals surface area contributed by atoms with Crippen LogP contribution in [0.15, 0.2) is 5.38 Å². The molecule has 0 bridgehead atoms. The summed E-state index contributed by atoms with van der Waals surface area (Å²) in [5, 5.41) is 4.02. The van der Waals surface area contributed by atoms with E-state index in [1.807, 2.05) is 0 Å². The van der Waals surface area contributed by atoms with Crippen molar-refractivity contribution in [3.05, 3.63) is 16.1 Å². The highest BCUT2D eigenvalue weighted by molar-refractivity contribution is 7.09. The second-order valence-corrected chi connectivity index (χ2v) is 4.27. The monoisotopic (exact) mass is 267 g/mol. The third kappa shape index (κ3) is 3.97. The van der Waals surface area contributed by atoms with Crippen LogP contribution in [0.4, 0.5) is 13.2 Å². The zero-order valence-corrected chi connectivity index (χ0v) is 9.86. The Morgan fingerprint density at radius 1 is 1.65 bits per heavy atom. The number of rotatable bonds is 5. The van der Waals surface area contributed by atoms with Crippen molar-refractivity contribution in [2.24, 2.45) is 5.73 Å². The summed E-state index contributed by atoms with van der Waals surface area (Å²) in [6.45, 7) is 1.70. The van der Waals surface area contributed by atoms with E-state index in [1.54, 1.807) is 6.92 Å². The number of primary amides is 1. The van der Waals surface area contributed by atoms with Gasteiger partial charge >= 0.3 is 6.18 Å². The van der Waals surface area contributed by atoms with Crippen LogP contribution in [0, 0.1) is 0 Å². The highest BCUT2D eigenvalue weighted by atomic mass is 32.1. The van der Waals surface area contributed by atoms with Crippen molar-refractivity contribution in [1.29, 1.82) is 0 Å². The lowest BCUT2D eigenvalue weighted by atomic mass is 10.2. The predicted octanol–water partition coefficient (Wildman–Crippen LogP) is 1.69. The molecule has 3 N–H and O–H groups in total. The van der Waals surface area contributed by atoms with Gasteiger partial charge in [-0.15, -0.1) is 11.3 Å².